The van der Waals surface area contributed by atoms with Crippen molar-refractivity contribution in [3.8, 4) is 11.1 Å². The summed E-state index contributed by atoms with van der Waals surface area (Å²) in [6.45, 7) is 2.68. The van der Waals surface area contributed by atoms with Gasteiger partial charge >= 0.3 is 6.18 Å². The van der Waals surface area contributed by atoms with Crippen LogP contribution in [0.2, 0.25) is 0 Å². The first-order chi connectivity index (χ1) is 13.2. The Hall–Kier alpha value is -2.41. The number of likely N-dealkylation sites (tertiary alicyclic amines) is 1. The second-order valence-electron chi connectivity index (χ2n) is 7.74. The Kier molecular flexibility index (Phi) is 4.45. The van der Waals surface area contributed by atoms with E-state index >= 15 is 0 Å². The number of likely N-dealkylation sites (N-methyl/N-ethyl adjacent to an activating group) is 1. The van der Waals surface area contributed by atoms with Gasteiger partial charge in [0, 0.05) is 19.8 Å². The molecule has 1 amide bonds. The first-order valence-electron chi connectivity index (χ1n) is 9.38. The van der Waals surface area contributed by atoms with Crippen molar-refractivity contribution in [1.29, 1.82) is 0 Å². The van der Waals surface area contributed by atoms with Gasteiger partial charge in [-0.2, -0.15) is 13.2 Å². The quantitative estimate of drug-likeness (QED) is 0.841. The third-order valence-electron chi connectivity index (χ3n) is 6.04. The number of aromatic nitrogens is 1. The number of carbonyl (C=O) groups excluding carboxylic acids is 1. The van der Waals surface area contributed by atoms with Gasteiger partial charge in [-0.3, -0.25) is 15.1 Å². The van der Waals surface area contributed by atoms with E-state index in [1.54, 1.807) is 11.1 Å². The lowest BCUT2D eigenvalue weighted by molar-refractivity contribution is -0.137. The van der Waals surface area contributed by atoms with Crippen molar-refractivity contribution in [2.75, 3.05) is 13.6 Å². The predicted molar refractivity (Wildman–Crippen MR) is 99.5 cm³/mol. The maximum absolute atomic E-state index is 12.8. The van der Waals surface area contributed by atoms with E-state index in [9.17, 15) is 18.0 Å². The molecule has 0 bridgehead atoms. The van der Waals surface area contributed by atoms with E-state index in [0.717, 1.165) is 60.3 Å². The van der Waals surface area contributed by atoms with Crippen LogP contribution >= 0.6 is 0 Å². The molecule has 2 saturated heterocycles. The fraction of sp³-hybridized carbons (Fsp3) is 0.429. The highest BCUT2D eigenvalue weighted by atomic mass is 19.4. The highest BCUT2D eigenvalue weighted by molar-refractivity contribution is 5.88. The van der Waals surface area contributed by atoms with Crippen molar-refractivity contribution in [2.24, 2.45) is 0 Å². The number of pyridine rings is 1. The van der Waals surface area contributed by atoms with Crippen molar-refractivity contribution in [3.63, 3.8) is 0 Å². The van der Waals surface area contributed by atoms with Gasteiger partial charge in [0.1, 0.15) is 5.54 Å². The van der Waals surface area contributed by atoms with Crippen LogP contribution in [0.15, 0.2) is 36.5 Å². The summed E-state index contributed by atoms with van der Waals surface area (Å²) in [5, 5.41) is 3.51. The molecule has 148 valence electrons. The van der Waals surface area contributed by atoms with Gasteiger partial charge in [0.25, 0.3) is 0 Å². The molecule has 1 aromatic heterocycles. The zero-order valence-electron chi connectivity index (χ0n) is 15.8. The highest BCUT2D eigenvalue weighted by Gasteiger charge is 2.50. The first-order valence-corrected chi connectivity index (χ1v) is 9.38. The molecule has 1 aromatic carbocycles. The summed E-state index contributed by atoms with van der Waals surface area (Å²) >= 11 is 0. The summed E-state index contributed by atoms with van der Waals surface area (Å²) in [5.41, 5.74) is 2.20. The topological polar surface area (TPSA) is 45.2 Å². The van der Waals surface area contributed by atoms with Gasteiger partial charge in [-0.15, -0.1) is 0 Å². The monoisotopic (exact) mass is 389 g/mol. The summed E-state index contributed by atoms with van der Waals surface area (Å²) in [6, 6.07) is 6.97. The van der Waals surface area contributed by atoms with E-state index in [4.69, 9.17) is 0 Å². The van der Waals surface area contributed by atoms with Gasteiger partial charge < -0.3 is 4.90 Å². The van der Waals surface area contributed by atoms with Crippen molar-refractivity contribution in [3.05, 3.63) is 53.3 Å². The van der Waals surface area contributed by atoms with Crippen LogP contribution in [0, 0.1) is 6.92 Å². The number of halogens is 3. The molecule has 0 radical (unpaired) electrons. The summed E-state index contributed by atoms with van der Waals surface area (Å²) in [7, 11) is 1.82. The Bertz CT molecular complexity index is 910. The molecule has 0 saturated carbocycles. The van der Waals surface area contributed by atoms with Crippen molar-refractivity contribution < 1.29 is 18.0 Å². The number of amides is 1. The number of benzene rings is 1. The molecular weight excluding hydrogens is 367 g/mol. The maximum atomic E-state index is 12.8. The SMILES string of the molecule is Cc1c(-c2ccc(C(F)(F)F)cc2)ccnc1[C@@H]1CC[C@]2(CCN(C)C2=O)N1. The third-order valence-corrected chi connectivity index (χ3v) is 6.04. The van der Waals surface area contributed by atoms with E-state index in [2.05, 4.69) is 10.3 Å². The largest absolute Gasteiger partial charge is 0.416 e. The van der Waals surface area contributed by atoms with Gasteiger partial charge in [-0.05, 0) is 61.1 Å². The van der Waals surface area contributed by atoms with Gasteiger partial charge in [-0.25, -0.2) is 0 Å². The van der Waals surface area contributed by atoms with Crippen LogP contribution in [0.3, 0.4) is 0 Å². The van der Waals surface area contributed by atoms with Crippen LogP contribution in [0.4, 0.5) is 13.2 Å². The normalized spacial score (nSPS) is 25.1. The van der Waals surface area contributed by atoms with E-state index in [1.807, 2.05) is 20.0 Å². The van der Waals surface area contributed by atoms with Gasteiger partial charge in [0.2, 0.25) is 5.91 Å². The van der Waals surface area contributed by atoms with E-state index < -0.39 is 17.3 Å². The van der Waals surface area contributed by atoms with Gasteiger partial charge in [0.15, 0.2) is 0 Å². The molecule has 4 rings (SSSR count). The fourth-order valence-electron chi connectivity index (χ4n) is 4.43. The lowest BCUT2D eigenvalue weighted by atomic mass is 9.95. The number of rotatable bonds is 2. The molecule has 0 unspecified atom stereocenters. The minimum atomic E-state index is -4.35. The molecule has 0 aliphatic carbocycles. The van der Waals surface area contributed by atoms with Crippen molar-refractivity contribution in [2.45, 2.75) is 43.9 Å². The average molecular weight is 389 g/mol. The Balaban J connectivity index is 1.62. The molecule has 1 spiro atoms. The van der Waals surface area contributed by atoms with Gasteiger partial charge in [0.05, 0.1) is 17.3 Å². The lowest BCUT2D eigenvalue weighted by Crippen LogP contribution is -2.47. The number of nitrogens with one attached hydrogen (secondary N) is 1. The van der Waals surface area contributed by atoms with Crippen LogP contribution in [0.1, 0.15) is 42.1 Å². The molecule has 4 nitrogen and oxygen atoms in total. The Morgan fingerprint density at radius 3 is 2.50 bits per heavy atom. The van der Waals surface area contributed by atoms with Crippen LogP contribution in [0.25, 0.3) is 11.1 Å². The number of hydrogen-bond donors (Lipinski definition) is 1. The predicted octanol–water partition coefficient (Wildman–Crippen LogP) is 4.10. The Labute approximate surface area is 161 Å². The first kappa shape index (κ1) is 18.9. The van der Waals surface area contributed by atoms with E-state index in [0.29, 0.717) is 0 Å². The van der Waals surface area contributed by atoms with Crippen molar-refractivity contribution in [1.82, 2.24) is 15.2 Å². The number of hydrogen-bond acceptors (Lipinski definition) is 3. The van der Waals surface area contributed by atoms with Crippen LogP contribution in [-0.4, -0.2) is 34.9 Å². The minimum Gasteiger partial charge on any atom is -0.344 e. The summed E-state index contributed by atoms with van der Waals surface area (Å²) in [5.74, 6) is 0.131. The third kappa shape index (κ3) is 3.07. The number of alkyl halides is 3. The molecule has 2 aliphatic heterocycles. The summed E-state index contributed by atoms with van der Waals surface area (Å²) in [6.07, 6.45) is -0.294. The zero-order valence-corrected chi connectivity index (χ0v) is 15.8. The highest BCUT2D eigenvalue weighted by Crippen LogP contribution is 2.40. The molecule has 2 fully saturated rings. The summed E-state index contributed by atoms with van der Waals surface area (Å²) in [4.78, 5) is 18.8. The molecule has 7 heteroatoms. The molecule has 28 heavy (non-hydrogen) atoms. The minimum absolute atomic E-state index is 0.0372. The lowest BCUT2D eigenvalue weighted by Gasteiger charge is -2.24. The average Bonchev–Trinajstić information content (AvgIpc) is 3.21. The number of nitrogens with zero attached hydrogens (tertiary/aromatic N) is 2. The van der Waals surface area contributed by atoms with E-state index in [-0.39, 0.29) is 11.9 Å². The number of carbonyl (C=O) groups is 1. The smallest absolute Gasteiger partial charge is 0.344 e. The molecular formula is C21H22F3N3O. The van der Waals surface area contributed by atoms with Crippen LogP contribution < -0.4 is 5.32 Å². The molecule has 3 heterocycles. The van der Waals surface area contributed by atoms with Gasteiger partial charge in [-0.1, -0.05) is 12.1 Å². The zero-order chi connectivity index (χ0) is 20.1. The molecule has 2 aromatic rings. The standard InChI is InChI=1S/C21H22F3N3O/c1-13-16(14-3-5-15(6-4-14)21(22,23)24)8-11-25-18(13)17-7-9-20(26-17)10-12-27(2)19(20)28/h3-6,8,11,17,26H,7,9-10,12H2,1-2H3/t17-,20+/m0/s1. The fourth-order valence-corrected chi connectivity index (χ4v) is 4.43. The Morgan fingerprint density at radius 1 is 1.18 bits per heavy atom. The molecule has 2 atom stereocenters. The second-order valence-corrected chi connectivity index (χ2v) is 7.74. The van der Waals surface area contributed by atoms with Crippen LogP contribution in [-0.2, 0) is 11.0 Å². The maximum Gasteiger partial charge on any atom is 0.416 e. The van der Waals surface area contributed by atoms with E-state index in [1.165, 1.54) is 12.1 Å². The molecule has 2 aliphatic rings. The Morgan fingerprint density at radius 2 is 1.89 bits per heavy atom. The molecule has 1 N–H and O–H groups in total. The second kappa shape index (κ2) is 6.58. The van der Waals surface area contributed by atoms with Crippen molar-refractivity contribution >= 4 is 5.91 Å². The van der Waals surface area contributed by atoms with Crippen LogP contribution in [0.5, 0.6) is 0 Å². The summed E-state index contributed by atoms with van der Waals surface area (Å²) < 4.78 is 38.5.